The Bertz CT molecular complexity index is 951. The van der Waals surface area contributed by atoms with E-state index in [9.17, 15) is 14.4 Å². The van der Waals surface area contributed by atoms with Crippen LogP contribution >= 0.6 is 11.6 Å². The number of nitrogens with zero attached hydrogens (tertiary/aromatic N) is 1. The van der Waals surface area contributed by atoms with E-state index in [1.54, 1.807) is 13.0 Å². The van der Waals surface area contributed by atoms with Crippen LogP contribution in [-0.2, 0) is 14.3 Å². The molecule has 1 N–H and O–H groups in total. The van der Waals surface area contributed by atoms with Crippen molar-refractivity contribution in [3.05, 3.63) is 70.4 Å². The predicted octanol–water partition coefficient (Wildman–Crippen LogP) is 3.61. The highest BCUT2D eigenvalue weighted by Crippen LogP contribution is 2.30. The molecule has 1 aliphatic rings. The molecule has 0 aromatic heterocycles. The van der Waals surface area contributed by atoms with E-state index >= 15 is 0 Å². The van der Waals surface area contributed by atoms with Crippen molar-refractivity contribution in [1.29, 1.82) is 0 Å². The van der Waals surface area contributed by atoms with Crippen LogP contribution in [0.5, 0.6) is 0 Å². The summed E-state index contributed by atoms with van der Waals surface area (Å²) in [5, 5.41) is 2.76. The van der Waals surface area contributed by atoms with Crippen LogP contribution in [0.25, 0.3) is 0 Å². The van der Waals surface area contributed by atoms with Gasteiger partial charge in [0.1, 0.15) is 10.7 Å². The van der Waals surface area contributed by atoms with E-state index in [1.165, 1.54) is 24.3 Å². The molecule has 3 rings (SSSR count). The van der Waals surface area contributed by atoms with Crippen molar-refractivity contribution in [3.63, 3.8) is 0 Å². The lowest BCUT2D eigenvalue weighted by Gasteiger charge is -2.16. The Morgan fingerprint density at radius 3 is 2.37 bits per heavy atom. The largest absolute Gasteiger partial charge is 0.462 e. The lowest BCUT2D eigenvalue weighted by Crippen LogP contribution is -2.32. The number of para-hydroxylation sites is 1. The summed E-state index contributed by atoms with van der Waals surface area (Å²) in [6.07, 6.45) is 0. The third-order valence-electron chi connectivity index (χ3n) is 4.07. The van der Waals surface area contributed by atoms with Gasteiger partial charge >= 0.3 is 5.97 Å². The first kappa shape index (κ1) is 18.7. The van der Waals surface area contributed by atoms with E-state index in [2.05, 4.69) is 5.32 Å². The monoisotopic (exact) mass is 384 g/mol. The normalized spacial score (nSPS) is 14.0. The van der Waals surface area contributed by atoms with Crippen molar-refractivity contribution >= 4 is 40.8 Å². The molecule has 0 unspecified atom stereocenters. The molecule has 0 radical (unpaired) electrons. The number of anilines is 2. The second-order valence-electron chi connectivity index (χ2n) is 5.84. The molecule has 0 aliphatic carbocycles. The Labute approximate surface area is 161 Å². The van der Waals surface area contributed by atoms with E-state index in [4.69, 9.17) is 16.3 Å². The third-order valence-corrected chi connectivity index (χ3v) is 4.42. The molecule has 0 saturated carbocycles. The molecule has 6 nitrogen and oxygen atoms in total. The summed E-state index contributed by atoms with van der Waals surface area (Å²) in [6.45, 7) is 3.85. The molecule has 0 atom stereocenters. The summed E-state index contributed by atoms with van der Waals surface area (Å²) >= 11 is 6.12. The zero-order valence-corrected chi connectivity index (χ0v) is 15.5. The van der Waals surface area contributed by atoms with E-state index in [1.807, 2.05) is 25.1 Å². The minimum atomic E-state index is -0.623. The summed E-state index contributed by atoms with van der Waals surface area (Å²) in [7, 11) is 0. The molecule has 1 aliphatic heterocycles. The van der Waals surface area contributed by atoms with Gasteiger partial charge in [-0.3, -0.25) is 9.59 Å². The molecular formula is C20H17ClN2O4. The predicted molar refractivity (Wildman–Crippen MR) is 103 cm³/mol. The average molecular weight is 385 g/mol. The minimum Gasteiger partial charge on any atom is -0.462 e. The second-order valence-corrected chi connectivity index (χ2v) is 6.22. The SMILES string of the molecule is CCOC(=O)c1ccc(N2C(=O)C(Cl)=C(Nc3ccccc3C)C2=O)cc1. The van der Waals surface area contributed by atoms with Gasteiger partial charge in [-0.15, -0.1) is 0 Å². The first-order chi connectivity index (χ1) is 12.9. The number of carbonyl (C=O) groups is 3. The fourth-order valence-electron chi connectivity index (χ4n) is 2.65. The van der Waals surface area contributed by atoms with Gasteiger partial charge in [-0.1, -0.05) is 29.8 Å². The molecular weight excluding hydrogens is 368 g/mol. The molecule has 1 heterocycles. The van der Waals surface area contributed by atoms with Crippen LogP contribution in [0, 0.1) is 6.92 Å². The summed E-state index contributed by atoms with van der Waals surface area (Å²) in [5.41, 5.74) is 2.26. The van der Waals surface area contributed by atoms with Crippen molar-refractivity contribution < 1.29 is 19.1 Å². The summed E-state index contributed by atoms with van der Waals surface area (Å²) in [5.74, 6) is -1.65. The number of hydrogen-bond donors (Lipinski definition) is 1. The molecule has 0 bridgehead atoms. The summed E-state index contributed by atoms with van der Waals surface area (Å²) in [6, 6.07) is 13.4. The Hall–Kier alpha value is -3.12. The number of aryl methyl sites for hydroxylation is 1. The summed E-state index contributed by atoms with van der Waals surface area (Å²) < 4.78 is 4.92. The quantitative estimate of drug-likeness (QED) is 0.629. The maximum absolute atomic E-state index is 12.8. The van der Waals surface area contributed by atoms with Crippen molar-refractivity contribution in [2.45, 2.75) is 13.8 Å². The molecule has 7 heteroatoms. The van der Waals surface area contributed by atoms with E-state index in [0.717, 1.165) is 10.5 Å². The number of benzene rings is 2. The number of esters is 1. The number of nitrogens with one attached hydrogen (secondary N) is 1. The second kappa shape index (κ2) is 7.63. The molecule has 2 aromatic rings. The smallest absolute Gasteiger partial charge is 0.338 e. The zero-order chi connectivity index (χ0) is 19.6. The summed E-state index contributed by atoms with van der Waals surface area (Å²) in [4.78, 5) is 38.0. The molecule has 0 fully saturated rings. The first-order valence-electron chi connectivity index (χ1n) is 8.32. The number of halogens is 1. The lowest BCUT2D eigenvalue weighted by molar-refractivity contribution is -0.120. The van der Waals surface area contributed by atoms with Crippen LogP contribution < -0.4 is 10.2 Å². The number of imide groups is 1. The molecule has 2 aromatic carbocycles. The zero-order valence-electron chi connectivity index (χ0n) is 14.8. The Morgan fingerprint density at radius 2 is 1.74 bits per heavy atom. The number of amides is 2. The molecule has 2 amide bonds. The van der Waals surface area contributed by atoms with E-state index < -0.39 is 17.8 Å². The topological polar surface area (TPSA) is 75.7 Å². The number of ether oxygens (including phenoxy) is 1. The number of rotatable bonds is 5. The van der Waals surface area contributed by atoms with Gasteiger partial charge in [-0.25, -0.2) is 9.69 Å². The third kappa shape index (κ3) is 3.57. The van der Waals surface area contributed by atoms with E-state index in [0.29, 0.717) is 16.9 Å². The average Bonchev–Trinajstić information content (AvgIpc) is 2.87. The lowest BCUT2D eigenvalue weighted by atomic mass is 10.2. The first-order valence-corrected chi connectivity index (χ1v) is 8.70. The van der Waals surface area contributed by atoms with Crippen LogP contribution in [0.2, 0.25) is 0 Å². The van der Waals surface area contributed by atoms with Crippen molar-refractivity contribution in [3.8, 4) is 0 Å². The van der Waals surface area contributed by atoms with Crippen LogP contribution in [0.1, 0.15) is 22.8 Å². The van der Waals surface area contributed by atoms with Gasteiger partial charge in [0.05, 0.1) is 17.9 Å². The maximum Gasteiger partial charge on any atom is 0.338 e. The van der Waals surface area contributed by atoms with Crippen molar-refractivity contribution in [2.75, 3.05) is 16.8 Å². The van der Waals surface area contributed by atoms with Gasteiger partial charge in [-0.05, 0) is 49.7 Å². The highest BCUT2D eigenvalue weighted by molar-refractivity contribution is 6.53. The highest BCUT2D eigenvalue weighted by atomic mass is 35.5. The fourth-order valence-corrected chi connectivity index (χ4v) is 2.87. The molecule has 138 valence electrons. The van der Waals surface area contributed by atoms with Gasteiger partial charge < -0.3 is 10.1 Å². The van der Waals surface area contributed by atoms with Crippen LogP contribution in [0.3, 0.4) is 0 Å². The van der Waals surface area contributed by atoms with Crippen molar-refractivity contribution in [1.82, 2.24) is 0 Å². The standard InChI is InChI=1S/C20H17ClN2O4/c1-3-27-20(26)13-8-10-14(11-9-13)23-18(24)16(21)17(19(23)25)22-15-7-5-4-6-12(15)2/h4-11,22H,3H2,1-2H3. The Kier molecular flexibility index (Phi) is 5.28. The number of hydrogen-bond acceptors (Lipinski definition) is 5. The van der Waals surface area contributed by atoms with Crippen LogP contribution in [0.15, 0.2) is 59.3 Å². The minimum absolute atomic E-state index is 0.0189. The highest BCUT2D eigenvalue weighted by Gasteiger charge is 2.39. The number of carbonyl (C=O) groups excluding carboxylic acids is 3. The van der Waals surface area contributed by atoms with Gasteiger partial charge in [0.25, 0.3) is 11.8 Å². The van der Waals surface area contributed by atoms with E-state index in [-0.39, 0.29) is 17.3 Å². The fraction of sp³-hybridized carbons (Fsp3) is 0.150. The van der Waals surface area contributed by atoms with Crippen LogP contribution in [-0.4, -0.2) is 24.4 Å². The molecule has 0 spiro atoms. The van der Waals surface area contributed by atoms with Crippen LogP contribution in [0.4, 0.5) is 11.4 Å². The maximum atomic E-state index is 12.8. The van der Waals surface area contributed by atoms with Gasteiger partial charge in [0, 0.05) is 5.69 Å². The van der Waals surface area contributed by atoms with Gasteiger partial charge in [0.2, 0.25) is 0 Å². The van der Waals surface area contributed by atoms with Crippen molar-refractivity contribution in [2.24, 2.45) is 0 Å². The Balaban J connectivity index is 1.85. The van der Waals surface area contributed by atoms with Gasteiger partial charge in [0.15, 0.2) is 0 Å². The Morgan fingerprint density at radius 1 is 1.07 bits per heavy atom. The molecule has 0 saturated heterocycles. The van der Waals surface area contributed by atoms with Gasteiger partial charge in [-0.2, -0.15) is 0 Å². The molecule has 27 heavy (non-hydrogen) atoms.